The molecule has 0 atom stereocenters. The molecule has 7 nitrogen and oxygen atoms in total. The Bertz CT molecular complexity index is 1280. The number of amides is 1. The van der Waals surface area contributed by atoms with E-state index in [1.54, 1.807) is 0 Å². The van der Waals surface area contributed by atoms with Gasteiger partial charge in [-0.05, 0) is 94.1 Å². The SMILES string of the molecule is CC(C)(C)OC(=O)Cc1ccccc1OCc1cc(Cl)cc(-c2cccc(CNC(=O)OC(C)(C)C)c2)c1.CO. The van der Waals surface area contributed by atoms with Crippen molar-refractivity contribution in [3.05, 3.63) is 88.4 Å². The number of carbonyl (C=O) groups is 2. The predicted octanol–water partition coefficient (Wildman–Crippen LogP) is 7.10. The number of nitrogens with one attached hydrogen (secondary N) is 1. The first-order valence-corrected chi connectivity index (χ1v) is 13.4. The van der Waals surface area contributed by atoms with Crippen LogP contribution in [0.4, 0.5) is 4.79 Å². The fraction of sp³-hybridized carbons (Fsp3) is 0.375. The van der Waals surface area contributed by atoms with E-state index in [0.29, 0.717) is 17.3 Å². The molecule has 0 aliphatic rings. The third-order valence-electron chi connectivity index (χ3n) is 5.18. The molecular formula is C32H40ClNO6. The van der Waals surface area contributed by atoms with Crippen molar-refractivity contribution in [2.24, 2.45) is 0 Å². The number of alkyl carbamates (subject to hydrolysis) is 1. The van der Waals surface area contributed by atoms with Gasteiger partial charge in [-0.3, -0.25) is 4.79 Å². The van der Waals surface area contributed by atoms with Crippen LogP contribution >= 0.6 is 11.6 Å². The van der Waals surface area contributed by atoms with Crippen molar-refractivity contribution in [2.45, 2.75) is 72.3 Å². The number of esters is 1. The van der Waals surface area contributed by atoms with E-state index < -0.39 is 17.3 Å². The molecule has 0 saturated heterocycles. The number of benzene rings is 3. The van der Waals surface area contributed by atoms with E-state index in [4.69, 9.17) is 30.9 Å². The highest BCUT2D eigenvalue weighted by atomic mass is 35.5. The van der Waals surface area contributed by atoms with Crippen LogP contribution in [0, 0.1) is 0 Å². The first kappa shape index (κ1) is 32.7. The van der Waals surface area contributed by atoms with Crippen LogP contribution < -0.4 is 10.1 Å². The van der Waals surface area contributed by atoms with Gasteiger partial charge in [-0.2, -0.15) is 0 Å². The molecule has 0 spiro atoms. The average molecular weight is 570 g/mol. The molecule has 1 amide bonds. The fourth-order valence-corrected chi connectivity index (χ4v) is 3.99. The summed E-state index contributed by atoms with van der Waals surface area (Å²) in [6.07, 6.45) is -0.338. The Hall–Kier alpha value is -3.55. The number of para-hydroxylation sites is 1. The number of carbonyl (C=O) groups excluding carboxylic acids is 2. The zero-order valence-corrected chi connectivity index (χ0v) is 25.1. The minimum absolute atomic E-state index is 0.123. The van der Waals surface area contributed by atoms with E-state index >= 15 is 0 Å². The van der Waals surface area contributed by atoms with Crippen molar-refractivity contribution >= 4 is 23.7 Å². The summed E-state index contributed by atoms with van der Waals surface area (Å²) in [7, 11) is 1.00. The maximum Gasteiger partial charge on any atom is 0.407 e. The first-order chi connectivity index (χ1) is 18.8. The molecule has 8 heteroatoms. The van der Waals surface area contributed by atoms with Gasteiger partial charge in [-0.15, -0.1) is 0 Å². The lowest BCUT2D eigenvalue weighted by Crippen LogP contribution is -2.32. The minimum Gasteiger partial charge on any atom is -0.489 e. The van der Waals surface area contributed by atoms with Gasteiger partial charge in [0, 0.05) is 24.2 Å². The monoisotopic (exact) mass is 569 g/mol. The zero-order chi connectivity index (χ0) is 29.9. The summed E-state index contributed by atoms with van der Waals surface area (Å²) in [6.45, 7) is 11.6. The van der Waals surface area contributed by atoms with Gasteiger partial charge >= 0.3 is 12.1 Å². The van der Waals surface area contributed by atoms with Crippen LogP contribution in [0.15, 0.2) is 66.7 Å². The lowest BCUT2D eigenvalue weighted by atomic mass is 10.0. The summed E-state index contributed by atoms with van der Waals surface area (Å²) in [5.41, 5.74) is 3.36. The van der Waals surface area contributed by atoms with Gasteiger partial charge in [0.25, 0.3) is 0 Å². The fourth-order valence-electron chi connectivity index (χ4n) is 3.73. The number of aliphatic hydroxyl groups is 1. The van der Waals surface area contributed by atoms with Crippen molar-refractivity contribution in [2.75, 3.05) is 7.11 Å². The van der Waals surface area contributed by atoms with Gasteiger partial charge in [0.05, 0.1) is 6.42 Å². The van der Waals surface area contributed by atoms with Crippen molar-refractivity contribution < 1.29 is 28.9 Å². The highest BCUT2D eigenvalue weighted by Crippen LogP contribution is 2.28. The van der Waals surface area contributed by atoms with Gasteiger partial charge in [0.1, 0.15) is 23.6 Å². The highest BCUT2D eigenvalue weighted by molar-refractivity contribution is 6.31. The van der Waals surface area contributed by atoms with Crippen LogP contribution in [0.5, 0.6) is 5.75 Å². The van der Waals surface area contributed by atoms with Crippen LogP contribution in [0.2, 0.25) is 5.02 Å². The number of rotatable bonds is 8. The molecule has 0 fully saturated rings. The van der Waals surface area contributed by atoms with E-state index in [-0.39, 0.29) is 19.0 Å². The molecule has 3 aromatic rings. The summed E-state index contributed by atoms with van der Waals surface area (Å²) < 4.78 is 16.9. The van der Waals surface area contributed by atoms with Gasteiger partial charge in [0.2, 0.25) is 0 Å². The molecule has 0 bridgehead atoms. The number of hydrogen-bond acceptors (Lipinski definition) is 6. The first-order valence-electron chi connectivity index (χ1n) is 13.0. The maximum atomic E-state index is 12.3. The molecule has 3 aromatic carbocycles. The van der Waals surface area contributed by atoms with Gasteiger partial charge in [0.15, 0.2) is 0 Å². The van der Waals surface area contributed by atoms with E-state index in [1.807, 2.05) is 108 Å². The molecule has 0 aromatic heterocycles. The molecule has 40 heavy (non-hydrogen) atoms. The van der Waals surface area contributed by atoms with Crippen LogP contribution in [0.25, 0.3) is 11.1 Å². The summed E-state index contributed by atoms with van der Waals surface area (Å²) in [5.74, 6) is 0.315. The van der Waals surface area contributed by atoms with Gasteiger partial charge in [-0.25, -0.2) is 4.79 Å². The van der Waals surface area contributed by atoms with E-state index in [1.165, 1.54) is 0 Å². The van der Waals surface area contributed by atoms with Crippen LogP contribution in [-0.2, 0) is 33.8 Å². The molecule has 0 radical (unpaired) electrons. The average Bonchev–Trinajstić information content (AvgIpc) is 2.86. The Balaban J connectivity index is 0.00000274. The van der Waals surface area contributed by atoms with Crippen LogP contribution in [0.1, 0.15) is 58.2 Å². The van der Waals surface area contributed by atoms with E-state index in [2.05, 4.69) is 5.32 Å². The third-order valence-corrected chi connectivity index (χ3v) is 5.39. The summed E-state index contributed by atoms with van der Waals surface area (Å²) >= 11 is 6.46. The van der Waals surface area contributed by atoms with Gasteiger partial charge < -0.3 is 24.6 Å². The molecule has 0 aliphatic heterocycles. The summed E-state index contributed by atoms with van der Waals surface area (Å²) in [4.78, 5) is 24.4. The summed E-state index contributed by atoms with van der Waals surface area (Å²) in [5, 5.41) is 10.4. The number of hydrogen-bond donors (Lipinski definition) is 2. The Morgan fingerprint density at radius 2 is 1.45 bits per heavy atom. The van der Waals surface area contributed by atoms with Crippen molar-refractivity contribution in [1.29, 1.82) is 0 Å². The second-order valence-electron chi connectivity index (χ2n) is 11.1. The van der Waals surface area contributed by atoms with Crippen molar-refractivity contribution in [3.63, 3.8) is 0 Å². The Morgan fingerprint density at radius 1 is 0.800 bits per heavy atom. The second kappa shape index (κ2) is 14.7. The molecule has 216 valence electrons. The zero-order valence-electron chi connectivity index (χ0n) is 24.3. The molecule has 2 N–H and O–H groups in total. The third kappa shape index (κ3) is 11.7. The molecule has 0 heterocycles. The molecule has 0 aliphatic carbocycles. The number of halogens is 1. The summed E-state index contributed by atoms with van der Waals surface area (Å²) in [6, 6.07) is 21.1. The lowest BCUT2D eigenvalue weighted by molar-refractivity contribution is -0.153. The molecule has 0 saturated carbocycles. The van der Waals surface area contributed by atoms with Crippen molar-refractivity contribution in [1.82, 2.24) is 5.32 Å². The molecular weight excluding hydrogens is 530 g/mol. The predicted molar refractivity (Wildman–Crippen MR) is 158 cm³/mol. The molecule has 0 unspecified atom stereocenters. The normalized spacial score (nSPS) is 11.1. The van der Waals surface area contributed by atoms with Gasteiger partial charge in [-0.1, -0.05) is 48.0 Å². The Kier molecular flexibility index (Phi) is 12.0. The standard InChI is InChI=1S/C31H36ClNO5.CH4O/c1-30(2,3)37-28(34)18-24-11-7-8-13-27(24)36-20-22-15-25(17-26(32)16-22)23-12-9-10-21(14-23)19-33-29(35)38-31(4,5)6;1-2/h7-17H,18-20H2,1-6H3,(H,33,35);2H,1H3. The lowest BCUT2D eigenvalue weighted by Gasteiger charge is -2.20. The van der Waals surface area contributed by atoms with Crippen LogP contribution in [0.3, 0.4) is 0 Å². The number of ether oxygens (including phenoxy) is 3. The van der Waals surface area contributed by atoms with Crippen LogP contribution in [-0.4, -0.2) is 35.5 Å². The Morgan fingerprint density at radius 3 is 2.12 bits per heavy atom. The number of aliphatic hydroxyl groups excluding tert-OH is 1. The minimum atomic E-state index is -0.554. The topological polar surface area (TPSA) is 94.1 Å². The second-order valence-corrected chi connectivity index (χ2v) is 11.5. The largest absolute Gasteiger partial charge is 0.489 e. The highest BCUT2D eigenvalue weighted by Gasteiger charge is 2.18. The van der Waals surface area contributed by atoms with Crippen molar-refractivity contribution in [3.8, 4) is 16.9 Å². The van der Waals surface area contributed by atoms with E-state index in [0.717, 1.165) is 34.9 Å². The smallest absolute Gasteiger partial charge is 0.407 e. The quantitative estimate of drug-likeness (QED) is 0.281. The molecule has 3 rings (SSSR count). The Labute approximate surface area is 242 Å². The maximum absolute atomic E-state index is 12.3. The van der Waals surface area contributed by atoms with E-state index in [9.17, 15) is 9.59 Å².